The second-order valence-electron chi connectivity index (χ2n) is 7.87. The minimum absolute atomic E-state index is 0.0310. The van der Waals surface area contributed by atoms with Crippen LogP contribution in [0.15, 0.2) is 84.0 Å². The first kappa shape index (κ1) is 25.3. The van der Waals surface area contributed by atoms with Gasteiger partial charge in [0.25, 0.3) is 0 Å². The molecule has 0 radical (unpaired) electrons. The van der Waals surface area contributed by atoms with Gasteiger partial charge in [0, 0.05) is 17.0 Å². The smallest absolute Gasteiger partial charge is 0.337 e. The quantitative estimate of drug-likeness (QED) is 0.0980. The van der Waals surface area contributed by atoms with Crippen molar-refractivity contribution in [1.29, 1.82) is 0 Å². The number of para-hydroxylation sites is 1. The Labute approximate surface area is 213 Å². The lowest BCUT2D eigenvalue weighted by molar-refractivity contribution is 0.0600. The standard InChI is InChI=1S/C27H27N5O5/c1-34-27(33)19-9-10-20(25(13-19)37-17-26(31-28)32-29)15-35-22-6-4-7-23(14-22)36-16-21-12-11-18-5-2-3-8-24(18)30-21/h2-14H,15-17,28-29H2,1H3,(H,31,32). The van der Waals surface area contributed by atoms with Crippen LogP contribution >= 0.6 is 0 Å². The number of nitrogens with zero attached hydrogens (tertiary/aromatic N) is 2. The molecule has 0 saturated carbocycles. The first-order valence-corrected chi connectivity index (χ1v) is 11.4. The number of ether oxygens (including phenoxy) is 4. The SMILES string of the molecule is COC(=O)c1ccc(COc2cccc(OCc3ccc4ccccc4n3)c2)c(OCC(=NN)NN)c1. The van der Waals surface area contributed by atoms with Crippen molar-refractivity contribution in [3.63, 3.8) is 0 Å². The van der Waals surface area contributed by atoms with Gasteiger partial charge in [0.05, 0.1) is 23.9 Å². The Bertz CT molecular complexity index is 1410. The fraction of sp³-hybridized carbons (Fsp3) is 0.148. The van der Waals surface area contributed by atoms with Crippen molar-refractivity contribution in [2.75, 3.05) is 13.7 Å². The molecule has 0 fully saturated rings. The normalized spacial score (nSPS) is 11.1. The van der Waals surface area contributed by atoms with Gasteiger partial charge in [0.15, 0.2) is 5.84 Å². The summed E-state index contributed by atoms with van der Waals surface area (Å²) >= 11 is 0. The Morgan fingerprint density at radius 1 is 0.919 bits per heavy atom. The zero-order chi connectivity index (χ0) is 26.0. The van der Waals surface area contributed by atoms with Crippen LogP contribution in [0.25, 0.3) is 10.9 Å². The maximum Gasteiger partial charge on any atom is 0.337 e. The van der Waals surface area contributed by atoms with Gasteiger partial charge in [-0.2, -0.15) is 5.10 Å². The largest absolute Gasteiger partial charge is 0.489 e. The molecule has 1 aromatic heterocycles. The second kappa shape index (κ2) is 12.2. The molecule has 0 aliphatic carbocycles. The van der Waals surface area contributed by atoms with E-state index in [4.69, 9.17) is 30.6 Å². The van der Waals surface area contributed by atoms with Crippen molar-refractivity contribution in [1.82, 2.24) is 10.4 Å². The number of esters is 1. The summed E-state index contributed by atoms with van der Waals surface area (Å²) in [6, 6.07) is 24.1. The first-order valence-electron chi connectivity index (χ1n) is 11.4. The van der Waals surface area contributed by atoms with Crippen LogP contribution in [0.4, 0.5) is 0 Å². The number of aromatic nitrogens is 1. The number of carbonyl (C=O) groups excluding carboxylic acids is 1. The Morgan fingerprint density at radius 2 is 1.70 bits per heavy atom. The van der Waals surface area contributed by atoms with Gasteiger partial charge in [-0.25, -0.2) is 15.6 Å². The van der Waals surface area contributed by atoms with Crippen molar-refractivity contribution < 1.29 is 23.7 Å². The predicted octanol–water partition coefficient (Wildman–Crippen LogP) is 3.29. The lowest BCUT2D eigenvalue weighted by Crippen LogP contribution is -2.35. The summed E-state index contributed by atoms with van der Waals surface area (Å²) < 4.78 is 22.5. The van der Waals surface area contributed by atoms with E-state index < -0.39 is 5.97 Å². The molecule has 0 aliphatic rings. The summed E-state index contributed by atoms with van der Waals surface area (Å²) in [6.07, 6.45) is 0. The van der Waals surface area contributed by atoms with Gasteiger partial charge in [-0.1, -0.05) is 36.4 Å². The van der Waals surface area contributed by atoms with Crippen molar-refractivity contribution in [3.05, 3.63) is 95.7 Å². The Balaban J connectivity index is 1.43. The molecule has 0 bridgehead atoms. The van der Waals surface area contributed by atoms with E-state index in [1.807, 2.05) is 54.6 Å². The summed E-state index contributed by atoms with van der Waals surface area (Å²) in [5.74, 6) is 12.0. The number of hydrazine groups is 1. The molecule has 10 nitrogen and oxygen atoms in total. The van der Waals surface area contributed by atoms with E-state index in [0.29, 0.717) is 35.0 Å². The van der Waals surface area contributed by atoms with E-state index in [1.165, 1.54) is 7.11 Å². The van der Waals surface area contributed by atoms with Crippen molar-refractivity contribution in [2.24, 2.45) is 16.8 Å². The highest BCUT2D eigenvalue weighted by atomic mass is 16.5. The Hall–Kier alpha value is -4.83. The number of hydrogen-bond donors (Lipinski definition) is 3. The van der Waals surface area contributed by atoms with E-state index >= 15 is 0 Å². The third kappa shape index (κ3) is 6.65. The number of benzene rings is 3. The molecule has 0 atom stereocenters. The predicted molar refractivity (Wildman–Crippen MR) is 139 cm³/mol. The molecule has 0 spiro atoms. The number of nitrogens with one attached hydrogen (secondary N) is 1. The number of hydrogen-bond acceptors (Lipinski definition) is 9. The summed E-state index contributed by atoms with van der Waals surface area (Å²) in [6.45, 7) is 0.454. The van der Waals surface area contributed by atoms with Gasteiger partial charge < -0.3 is 30.2 Å². The first-order chi connectivity index (χ1) is 18.1. The molecule has 4 aromatic rings. The van der Waals surface area contributed by atoms with E-state index in [9.17, 15) is 4.79 Å². The molecule has 37 heavy (non-hydrogen) atoms. The topological polar surface area (TPSA) is 143 Å². The molecular formula is C27H27N5O5. The Kier molecular flexibility index (Phi) is 8.35. The number of hydrazone groups is 1. The number of nitrogens with two attached hydrogens (primary N) is 2. The summed E-state index contributed by atoms with van der Waals surface area (Å²) in [7, 11) is 1.31. The van der Waals surface area contributed by atoms with Crippen LogP contribution in [0, 0.1) is 0 Å². The van der Waals surface area contributed by atoms with E-state index in [-0.39, 0.29) is 19.0 Å². The second-order valence-corrected chi connectivity index (χ2v) is 7.87. The molecule has 10 heteroatoms. The van der Waals surface area contributed by atoms with Crippen LogP contribution in [-0.2, 0) is 18.0 Å². The fourth-order valence-electron chi connectivity index (χ4n) is 3.48. The van der Waals surface area contributed by atoms with Gasteiger partial charge in [-0.15, -0.1) is 0 Å². The van der Waals surface area contributed by atoms with Gasteiger partial charge in [0.2, 0.25) is 0 Å². The molecule has 0 aliphatic heterocycles. The zero-order valence-electron chi connectivity index (χ0n) is 20.2. The lowest BCUT2D eigenvalue weighted by Gasteiger charge is -2.15. The van der Waals surface area contributed by atoms with Crippen LogP contribution in [-0.4, -0.2) is 30.5 Å². The molecular weight excluding hydrogens is 474 g/mol. The third-order valence-electron chi connectivity index (χ3n) is 5.42. The van der Waals surface area contributed by atoms with E-state index in [1.54, 1.807) is 24.3 Å². The summed E-state index contributed by atoms with van der Waals surface area (Å²) in [5, 5.41) is 4.58. The molecule has 0 saturated heterocycles. The number of fused-ring (bicyclic) bond motifs is 1. The molecule has 1 heterocycles. The average Bonchev–Trinajstić information content (AvgIpc) is 2.95. The minimum Gasteiger partial charge on any atom is -0.489 e. The monoisotopic (exact) mass is 501 g/mol. The van der Waals surface area contributed by atoms with Gasteiger partial charge in [-0.05, 0) is 36.4 Å². The molecule has 3 aromatic carbocycles. The molecule has 4 rings (SSSR count). The number of rotatable bonds is 10. The van der Waals surface area contributed by atoms with Crippen LogP contribution in [0.3, 0.4) is 0 Å². The number of amidine groups is 1. The third-order valence-corrected chi connectivity index (χ3v) is 5.42. The van der Waals surface area contributed by atoms with E-state index in [0.717, 1.165) is 16.6 Å². The van der Waals surface area contributed by atoms with Crippen LogP contribution < -0.4 is 31.3 Å². The highest BCUT2D eigenvalue weighted by Gasteiger charge is 2.13. The molecule has 5 N–H and O–H groups in total. The van der Waals surface area contributed by atoms with Gasteiger partial charge >= 0.3 is 5.97 Å². The van der Waals surface area contributed by atoms with Crippen LogP contribution in [0.5, 0.6) is 17.2 Å². The lowest BCUT2D eigenvalue weighted by atomic mass is 10.1. The van der Waals surface area contributed by atoms with Gasteiger partial charge in [0.1, 0.15) is 37.1 Å². The summed E-state index contributed by atoms with van der Waals surface area (Å²) in [4.78, 5) is 16.6. The molecule has 190 valence electrons. The number of carbonyl (C=O) groups is 1. The van der Waals surface area contributed by atoms with Crippen molar-refractivity contribution in [3.8, 4) is 17.2 Å². The minimum atomic E-state index is -0.493. The zero-order valence-corrected chi connectivity index (χ0v) is 20.2. The highest BCUT2D eigenvalue weighted by Crippen LogP contribution is 2.26. The molecule has 0 amide bonds. The van der Waals surface area contributed by atoms with Crippen LogP contribution in [0.1, 0.15) is 21.6 Å². The van der Waals surface area contributed by atoms with Crippen molar-refractivity contribution >= 4 is 22.7 Å². The maximum absolute atomic E-state index is 12.0. The number of pyridine rings is 1. The fourth-order valence-corrected chi connectivity index (χ4v) is 3.48. The Morgan fingerprint density at radius 3 is 2.46 bits per heavy atom. The average molecular weight is 502 g/mol. The maximum atomic E-state index is 12.0. The molecule has 0 unspecified atom stereocenters. The highest BCUT2D eigenvalue weighted by molar-refractivity contribution is 5.90. The van der Waals surface area contributed by atoms with Crippen molar-refractivity contribution in [2.45, 2.75) is 13.2 Å². The summed E-state index contributed by atoms with van der Waals surface area (Å²) in [5.41, 5.74) is 5.10. The van der Waals surface area contributed by atoms with E-state index in [2.05, 4.69) is 15.5 Å². The van der Waals surface area contributed by atoms with Gasteiger partial charge in [-0.3, -0.25) is 0 Å². The number of methoxy groups -OCH3 is 1. The van der Waals surface area contributed by atoms with Crippen LogP contribution in [0.2, 0.25) is 0 Å².